The predicted molar refractivity (Wildman–Crippen MR) is 259 cm³/mol. The molecule has 0 spiro atoms. The Kier molecular flexibility index (Phi) is 10.1. The molecule has 0 unspecified atom stereocenters. The molecule has 22 radical (unpaired) electrons. The molecule has 9 rings (SSSR count). The Labute approximate surface area is 362 Å². The Balaban J connectivity index is 1.39. The highest BCUT2D eigenvalue weighted by molar-refractivity contribution is 6.71. The summed E-state index contributed by atoms with van der Waals surface area (Å²) in [5.74, 6) is 0.763. The van der Waals surface area contributed by atoms with Crippen LogP contribution in [0.2, 0.25) is 0 Å². The van der Waals surface area contributed by atoms with E-state index >= 15 is 0 Å². The van der Waals surface area contributed by atoms with Crippen molar-refractivity contribution in [2.45, 2.75) is 0 Å². The molecule has 9 aromatic rings. The van der Waals surface area contributed by atoms with E-state index in [0.29, 0.717) is 22.8 Å². The summed E-state index contributed by atoms with van der Waals surface area (Å²) >= 11 is 0. The van der Waals surface area contributed by atoms with Gasteiger partial charge in [-0.1, -0.05) is 136 Å². The minimum atomic E-state index is -0.0202. The predicted octanol–water partition coefficient (Wildman–Crippen LogP) is -1.50. The second kappa shape index (κ2) is 15.3. The standard InChI is InChI=1S/C45H18B11N3O/c46-30-26(25-32(48)35(51)38(54)36(52)33(25)49)41-27(28-34(50)37(53)39(55)40(56)42(28)60-41)31(47)29(30)45-58-43(22-16-14-21(15-17-22)19-8-3-1-4-9-19)57-44(59-45)24-13-7-12-23(18-24)20-10-5-2-6-11-20/h1-18H. The first kappa shape index (κ1) is 39.5. The molecule has 7 aromatic carbocycles. The Morgan fingerprint density at radius 3 is 1.33 bits per heavy atom. The van der Waals surface area contributed by atoms with Crippen LogP contribution < -0.4 is 60.1 Å². The Bertz CT molecular complexity index is 3180. The van der Waals surface area contributed by atoms with Crippen LogP contribution in [0.5, 0.6) is 0 Å². The second-order valence-electron chi connectivity index (χ2n) is 14.4. The van der Waals surface area contributed by atoms with Gasteiger partial charge in [0.25, 0.3) is 0 Å². The minimum Gasteiger partial charge on any atom is -0.456 e. The van der Waals surface area contributed by atoms with Gasteiger partial charge in [-0.2, -0.15) is 0 Å². The molecular weight excluding hydrogens is 717 g/mol. The molecule has 2 heterocycles. The summed E-state index contributed by atoms with van der Waals surface area (Å²) in [6.07, 6.45) is 0. The molecular formula is C45H18B11N3O. The average Bonchev–Trinajstić information content (AvgIpc) is 3.69. The Morgan fingerprint density at radius 1 is 0.283 bits per heavy atom. The summed E-state index contributed by atoms with van der Waals surface area (Å²) in [6.45, 7) is 0. The number of hydrogen-bond acceptors (Lipinski definition) is 4. The topological polar surface area (TPSA) is 51.8 Å². The van der Waals surface area contributed by atoms with Crippen molar-refractivity contribution in [2.24, 2.45) is 0 Å². The zero-order valence-electron chi connectivity index (χ0n) is 32.0. The molecule has 0 aliphatic heterocycles. The monoisotopic (exact) mass is 737 g/mol. The van der Waals surface area contributed by atoms with Crippen LogP contribution >= 0.6 is 0 Å². The van der Waals surface area contributed by atoms with Gasteiger partial charge in [0.15, 0.2) is 17.5 Å². The van der Waals surface area contributed by atoms with E-state index in [1.165, 1.54) is 0 Å². The lowest BCUT2D eigenvalue weighted by Gasteiger charge is -2.25. The molecule has 0 bridgehead atoms. The smallest absolute Gasteiger partial charge is 0.164 e. The second-order valence-corrected chi connectivity index (χ2v) is 14.4. The quantitative estimate of drug-likeness (QED) is 0.196. The van der Waals surface area contributed by atoms with E-state index in [1.807, 2.05) is 109 Å². The normalized spacial score (nSPS) is 11.4. The van der Waals surface area contributed by atoms with Crippen LogP contribution in [0.3, 0.4) is 0 Å². The highest BCUT2D eigenvalue weighted by Gasteiger charge is 2.28. The number of furan rings is 1. The number of fused-ring (bicyclic) bond motifs is 3. The summed E-state index contributed by atoms with van der Waals surface area (Å²) in [4.78, 5) is 15.1. The lowest BCUT2D eigenvalue weighted by atomic mass is 9.58. The molecule has 4 nitrogen and oxygen atoms in total. The van der Waals surface area contributed by atoms with E-state index in [1.54, 1.807) is 0 Å². The van der Waals surface area contributed by atoms with Crippen molar-refractivity contribution in [3.05, 3.63) is 109 Å². The lowest BCUT2D eigenvalue weighted by Crippen LogP contribution is -2.55. The zero-order valence-corrected chi connectivity index (χ0v) is 32.0. The van der Waals surface area contributed by atoms with Crippen molar-refractivity contribution in [1.29, 1.82) is 0 Å². The maximum atomic E-state index is 7.23. The van der Waals surface area contributed by atoms with Crippen molar-refractivity contribution in [2.75, 3.05) is 0 Å². The molecule has 2 aromatic heterocycles. The van der Waals surface area contributed by atoms with Crippen molar-refractivity contribution in [3.63, 3.8) is 0 Å². The maximum Gasteiger partial charge on any atom is 0.164 e. The van der Waals surface area contributed by atoms with Crippen LogP contribution in [0.1, 0.15) is 0 Å². The van der Waals surface area contributed by atoms with Gasteiger partial charge < -0.3 is 4.42 Å². The summed E-state index contributed by atoms with van der Waals surface area (Å²) in [5, 5.41) is 0.527. The molecule has 0 aliphatic rings. The number of rotatable bonds is 6. The molecule has 0 amide bonds. The number of benzene rings is 7. The van der Waals surface area contributed by atoms with Gasteiger partial charge in [0.05, 0.1) is 0 Å². The SMILES string of the molecule is [B]c1c([B])c([B])c(-c2c([B])c(-c3nc(-c4ccc(-c5ccccc5)cc4)nc(-c4cccc(-c5ccccc5)c4)n3)c([B])c3c2oc2c([B])c([B])c([B])c([B])c23)c([B])c1[B]. The lowest BCUT2D eigenvalue weighted by molar-refractivity contribution is 0.673. The van der Waals surface area contributed by atoms with Crippen molar-refractivity contribution in [3.8, 4) is 67.5 Å². The van der Waals surface area contributed by atoms with Gasteiger partial charge in [-0.25, -0.2) is 15.0 Å². The van der Waals surface area contributed by atoms with Crippen molar-refractivity contribution in [1.82, 2.24) is 15.0 Å². The van der Waals surface area contributed by atoms with Crippen LogP contribution in [-0.2, 0) is 0 Å². The van der Waals surface area contributed by atoms with E-state index in [-0.39, 0.29) is 105 Å². The number of hydrogen-bond donors (Lipinski definition) is 0. The van der Waals surface area contributed by atoms with Gasteiger partial charge in [0.1, 0.15) is 97.5 Å². The fraction of sp³-hybridized carbons (Fsp3) is 0. The molecule has 0 saturated carbocycles. The first-order chi connectivity index (χ1) is 28.8. The average molecular weight is 736 g/mol. The molecule has 252 valence electrons. The van der Waals surface area contributed by atoms with E-state index < -0.39 is 0 Å². The number of aromatic nitrogens is 3. The largest absolute Gasteiger partial charge is 0.456 e. The molecule has 0 atom stereocenters. The fourth-order valence-electron chi connectivity index (χ4n) is 7.64. The van der Waals surface area contributed by atoms with Crippen molar-refractivity contribution < 1.29 is 4.42 Å². The van der Waals surface area contributed by atoms with Crippen LogP contribution in [-0.4, -0.2) is 101 Å². The zero-order chi connectivity index (χ0) is 42.1. The van der Waals surface area contributed by atoms with E-state index in [9.17, 15) is 0 Å². The third kappa shape index (κ3) is 6.36. The summed E-state index contributed by atoms with van der Waals surface area (Å²) in [6, 6.07) is 35.7. The molecule has 0 N–H and O–H groups in total. The molecule has 15 heteroatoms. The first-order valence-corrected chi connectivity index (χ1v) is 18.6. The van der Waals surface area contributed by atoms with Crippen LogP contribution in [0.15, 0.2) is 114 Å². The third-order valence-electron chi connectivity index (χ3n) is 10.9. The van der Waals surface area contributed by atoms with Gasteiger partial charge in [0.2, 0.25) is 0 Å². The van der Waals surface area contributed by atoms with Crippen LogP contribution in [0, 0.1) is 0 Å². The highest BCUT2D eigenvalue weighted by atomic mass is 16.3. The first-order valence-electron chi connectivity index (χ1n) is 18.6. The van der Waals surface area contributed by atoms with Gasteiger partial charge in [-0.15, -0.1) is 27.3 Å². The van der Waals surface area contributed by atoms with Gasteiger partial charge in [-0.3, -0.25) is 0 Å². The van der Waals surface area contributed by atoms with Crippen LogP contribution in [0.4, 0.5) is 0 Å². The van der Waals surface area contributed by atoms with Gasteiger partial charge in [0, 0.05) is 33.0 Å². The van der Waals surface area contributed by atoms with Gasteiger partial charge >= 0.3 is 0 Å². The van der Waals surface area contributed by atoms with Crippen LogP contribution in [0.25, 0.3) is 89.5 Å². The van der Waals surface area contributed by atoms with Crippen molar-refractivity contribution >= 4 is 168 Å². The molecule has 60 heavy (non-hydrogen) atoms. The fourth-order valence-corrected chi connectivity index (χ4v) is 7.64. The summed E-state index contributed by atoms with van der Waals surface area (Å²) in [5.41, 5.74) is 6.21. The molecule has 0 fully saturated rings. The molecule has 0 saturated heterocycles. The van der Waals surface area contributed by atoms with Gasteiger partial charge in [-0.05, 0) is 33.9 Å². The van der Waals surface area contributed by atoms with E-state index in [2.05, 4.69) is 0 Å². The number of nitrogens with zero attached hydrogens (tertiary/aromatic N) is 3. The highest BCUT2D eigenvalue weighted by Crippen LogP contribution is 2.35. The minimum absolute atomic E-state index is 0.000595. The Hall–Kier alpha value is -5.94. The Morgan fingerprint density at radius 2 is 0.717 bits per heavy atom. The summed E-state index contributed by atoms with van der Waals surface area (Å²) < 4.78 is 6.47. The third-order valence-corrected chi connectivity index (χ3v) is 10.9. The summed E-state index contributed by atoms with van der Waals surface area (Å²) in [7, 11) is 72.7. The maximum absolute atomic E-state index is 7.23. The van der Waals surface area contributed by atoms with E-state index in [0.717, 1.165) is 22.3 Å². The molecule has 0 aliphatic carbocycles. The van der Waals surface area contributed by atoms with E-state index in [4.69, 9.17) is 106 Å².